The van der Waals surface area contributed by atoms with Gasteiger partial charge in [0.15, 0.2) is 0 Å². The lowest BCUT2D eigenvalue weighted by Crippen LogP contribution is -2.28. The van der Waals surface area contributed by atoms with Gasteiger partial charge in [-0.25, -0.2) is 0 Å². The minimum absolute atomic E-state index is 0.0636. The van der Waals surface area contributed by atoms with Crippen molar-refractivity contribution >= 4 is 33.3 Å². The van der Waals surface area contributed by atoms with Crippen LogP contribution in [0.2, 0.25) is 0 Å². The van der Waals surface area contributed by atoms with Crippen LogP contribution in [-0.4, -0.2) is 37.0 Å². The largest absolute Gasteiger partial charge is 0.494 e. The van der Waals surface area contributed by atoms with Crippen LogP contribution in [0.3, 0.4) is 0 Å². The first-order chi connectivity index (χ1) is 16.2. The Morgan fingerprint density at radius 3 is 2.58 bits per heavy atom. The number of hydrogen-bond donors (Lipinski definition) is 1. The average Bonchev–Trinajstić information content (AvgIpc) is 3.29. The lowest BCUT2D eigenvalue weighted by Gasteiger charge is -2.17. The van der Waals surface area contributed by atoms with E-state index in [9.17, 15) is 4.79 Å². The number of fused-ring (bicyclic) bond motifs is 1. The third-order valence-corrected chi connectivity index (χ3v) is 6.28. The summed E-state index contributed by atoms with van der Waals surface area (Å²) < 4.78 is 11.4. The molecule has 1 N–H and O–H groups in total. The molecule has 1 aromatic heterocycles. The van der Waals surface area contributed by atoms with E-state index in [-0.39, 0.29) is 5.91 Å². The molecule has 1 amide bonds. The van der Waals surface area contributed by atoms with Gasteiger partial charge in [-0.05, 0) is 71.9 Å². The van der Waals surface area contributed by atoms with Crippen LogP contribution in [0.15, 0.2) is 72.8 Å². The topological polar surface area (TPSA) is 54.5 Å². The highest BCUT2D eigenvalue weighted by Gasteiger charge is 2.12. The smallest absolute Gasteiger partial charge is 0.251 e. The zero-order chi connectivity index (χ0) is 23.0. The van der Waals surface area contributed by atoms with E-state index in [1.807, 2.05) is 18.2 Å². The molecule has 1 heterocycles. The number of anilines is 1. The summed E-state index contributed by atoms with van der Waals surface area (Å²) in [5, 5.41) is 4.17. The summed E-state index contributed by atoms with van der Waals surface area (Å²) in [6.45, 7) is 4.16. The van der Waals surface area contributed by atoms with Crippen LogP contribution in [-0.2, 0) is 0 Å². The summed E-state index contributed by atoms with van der Waals surface area (Å²) in [6, 6.07) is 24.2. The Morgan fingerprint density at radius 1 is 1.03 bits per heavy atom. The molecule has 4 rings (SSSR count). The first kappa shape index (κ1) is 22.8. The molecule has 6 heteroatoms. The lowest BCUT2D eigenvalue weighted by molar-refractivity contribution is 0.0953. The molecule has 0 spiro atoms. The number of carbonyl (C=O) groups is 1. The molecule has 3 aromatic carbocycles. The van der Waals surface area contributed by atoms with Crippen molar-refractivity contribution in [3.05, 3.63) is 78.4 Å². The maximum atomic E-state index is 12.4. The minimum Gasteiger partial charge on any atom is -0.494 e. The van der Waals surface area contributed by atoms with Gasteiger partial charge in [-0.2, -0.15) is 4.37 Å². The van der Waals surface area contributed by atoms with E-state index in [0.29, 0.717) is 18.7 Å². The fourth-order valence-corrected chi connectivity index (χ4v) is 4.46. The van der Waals surface area contributed by atoms with Crippen LogP contribution >= 0.6 is 11.5 Å². The number of hydrogen-bond acceptors (Lipinski definition) is 5. The van der Waals surface area contributed by atoms with Gasteiger partial charge < -0.3 is 15.0 Å². The van der Waals surface area contributed by atoms with E-state index in [1.54, 1.807) is 12.1 Å². The molecular formula is C27H29N3O2S. The standard InChI is InChI=1S/C27H29N3O2S/c1-3-18-32-23-13-10-21(11-14-23)27(31)28-16-7-17-30(2)26-24-19-22(12-15-25(24)33-29-26)20-8-5-4-6-9-20/h4-6,8-15,19H,3,7,16-18H2,1-2H3,(H,28,31). The number of ether oxygens (including phenoxy) is 1. The van der Waals surface area contributed by atoms with Gasteiger partial charge in [-0.15, -0.1) is 0 Å². The van der Waals surface area contributed by atoms with Crippen LogP contribution in [0.1, 0.15) is 30.1 Å². The van der Waals surface area contributed by atoms with E-state index >= 15 is 0 Å². The summed E-state index contributed by atoms with van der Waals surface area (Å²) in [4.78, 5) is 14.6. The first-order valence-electron chi connectivity index (χ1n) is 11.3. The number of amides is 1. The molecule has 0 radical (unpaired) electrons. The Kier molecular flexibility index (Phi) is 7.58. The quantitative estimate of drug-likeness (QED) is 0.295. The van der Waals surface area contributed by atoms with Gasteiger partial charge in [0.05, 0.1) is 11.3 Å². The van der Waals surface area contributed by atoms with Crippen LogP contribution in [0, 0.1) is 0 Å². The molecule has 0 fully saturated rings. The van der Waals surface area contributed by atoms with E-state index in [0.717, 1.165) is 31.0 Å². The normalized spacial score (nSPS) is 10.8. The molecule has 0 saturated carbocycles. The van der Waals surface area contributed by atoms with Gasteiger partial charge >= 0.3 is 0 Å². The van der Waals surface area contributed by atoms with Crippen molar-refractivity contribution in [1.82, 2.24) is 9.69 Å². The second-order valence-electron chi connectivity index (χ2n) is 7.99. The predicted molar refractivity (Wildman–Crippen MR) is 138 cm³/mol. The fourth-order valence-electron chi connectivity index (χ4n) is 3.66. The van der Waals surface area contributed by atoms with E-state index in [4.69, 9.17) is 4.74 Å². The number of nitrogens with one attached hydrogen (secondary N) is 1. The van der Waals surface area contributed by atoms with Gasteiger partial charge in [-0.1, -0.05) is 43.3 Å². The van der Waals surface area contributed by atoms with Crippen molar-refractivity contribution in [2.24, 2.45) is 0 Å². The summed E-state index contributed by atoms with van der Waals surface area (Å²) in [6.07, 6.45) is 1.79. The second kappa shape index (κ2) is 11.0. The maximum absolute atomic E-state index is 12.4. The van der Waals surface area contributed by atoms with Crippen molar-refractivity contribution in [1.29, 1.82) is 0 Å². The van der Waals surface area contributed by atoms with Crippen LogP contribution in [0.5, 0.6) is 5.75 Å². The monoisotopic (exact) mass is 459 g/mol. The van der Waals surface area contributed by atoms with Crippen molar-refractivity contribution in [2.45, 2.75) is 19.8 Å². The summed E-state index contributed by atoms with van der Waals surface area (Å²) in [5.41, 5.74) is 3.04. The van der Waals surface area contributed by atoms with Gasteiger partial charge in [0.2, 0.25) is 0 Å². The van der Waals surface area contributed by atoms with E-state index < -0.39 is 0 Å². The molecule has 0 saturated heterocycles. The Labute approximate surface area is 199 Å². The lowest BCUT2D eigenvalue weighted by atomic mass is 10.0. The van der Waals surface area contributed by atoms with Crippen molar-refractivity contribution in [3.8, 4) is 16.9 Å². The maximum Gasteiger partial charge on any atom is 0.251 e. The molecule has 0 atom stereocenters. The molecule has 0 aliphatic carbocycles. The van der Waals surface area contributed by atoms with Crippen LogP contribution < -0.4 is 15.0 Å². The third kappa shape index (κ3) is 5.71. The molecule has 5 nitrogen and oxygen atoms in total. The van der Waals surface area contributed by atoms with E-state index in [2.05, 4.69) is 71.0 Å². The zero-order valence-electron chi connectivity index (χ0n) is 19.1. The number of nitrogens with zero attached hydrogens (tertiary/aromatic N) is 2. The number of benzene rings is 3. The first-order valence-corrected chi connectivity index (χ1v) is 12.1. The molecule has 0 bridgehead atoms. The van der Waals surface area contributed by atoms with Crippen LogP contribution in [0.4, 0.5) is 5.82 Å². The fraction of sp³-hybridized carbons (Fsp3) is 0.259. The van der Waals surface area contributed by atoms with Crippen LogP contribution in [0.25, 0.3) is 21.2 Å². The van der Waals surface area contributed by atoms with Crippen molar-refractivity contribution < 1.29 is 9.53 Å². The highest BCUT2D eigenvalue weighted by molar-refractivity contribution is 7.13. The van der Waals surface area contributed by atoms with Gasteiger partial charge in [-0.3, -0.25) is 4.79 Å². The molecule has 0 aliphatic heterocycles. The predicted octanol–water partition coefficient (Wildman–Crippen LogP) is 6.01. The Balaban J connectivity index is 1.31. The highest BCUT2D eigenvalue weighted by Crippen LogP contribution is 2.33. The molecule has 0 aliphatic rings. The SMILES string of the molecule is CCCOc1ccc(C(=O)NCCCN(C)c2nsc3ccc(-c4ccccc4)cc23)cc1. The highest BCUT2D eigenvalue weighted by atomic mass is 32.1. The molecule has 0 unspecified atom stereocenters. The number of rotatable bonds is 10. The minimum atomic E-state index is -0.0636. The van der Waals surface area contributed by atoms with Crippen molar-refractivity contribution in [2.75, 3.05) is 31.6 Å². The average molecular weight is 460 g/mol. The van der Waals surface area contributed by atoms with Gasteiger partial charge in [0.1, 0.15) is 11.6 Å². The van der Waals surface area contributed by atoms with Crippen molar-refractivity contribution in [3.63, 3.8) is 0 Å². The number of aromatic nitrogens is 1. The molecular weight excluding hydrogens is 430 g/mol. The third-order valence-electron chi connectivity index (χ3n) is 5.46. The summed E-state index contributed by atoms with van der Waals surface area (Å²) in [5.74, 6) is 1.72. The second-order valence-corrected chi connectivity index (χ2v) is 8.79. The number of carbonyl (C=O) groups excluding carboxylic acids is 1. The Bertz CT molecular complexity index is 1190. The molecule has 4 aromatic rings. The Hall–Kier alpha value is -3.38. The summed E-state index contributed by atoms with van der Waals surface area (Å²) >= 11 is 1.52. The molecule has 33 heavy (non-hydrogen) atoms. The van der Waals surface area contributed by atoms with Gasteiger partial charge in [0.25, 0.3) is 5.91 Å². The summed E-state index contributed by atoms with van der Waals surface area (Å²) in [7, 11) is 2.06. The zero-order valence-corrected chi connectivity index (χ0v) is 19.9. The van der Waals surface area contributed by atoms with Gasteiger partial charge in [0, 0.05) is 31.1 Å². The molecule has 170 valence electrons. The Morgan fingerprint density at radius 2 is 1.82 bits per heavy atom. The van der Waals surface area contributed by atoms with E-state index in [1.165, 1.54) is 32.7 Å².